The average molecular weight is 237 g/mol. The summed E-state index contributed by atoms with van der Waals surface area (Å²) < 4.78 is 5.22. The van der Waals surface area contributed by atoms with Gasteiger partial charge < -0.3 is 14.8 Å². The van der Waals surface area contributed by atoms with E-state index in [-0.39, 0.29) is 23.3 Å². The molecule has 0 bridgehead atoms. The molecule has 0 fully saturated rings. The normalized spacial score (nSPS) is 11.6. The molecule has 0 saturated heterocycles. The maximum absolute atomic E-state index is 11.5. The molecule has 0 spiro atoms. The predicted octanol–water partition coefficient (Wildman–Crippen LogP) is 1.91. The van der Waals surface area contributed by atoms with Gasteiger partial charge in [0.15, 0.2) is 5.76 Å². The lowest BCUT2D eigenvalue weighted by Crippen LogP contribution is -2.29. The van der Waals surface area contributed by atoms with E-state index in [0.717, 1.165) is 0 Å². The van der Waals surface area contributed by atoms with E-state index in [1.165, 1.54) is 19.1 Å². The summed E-state index contributed by atoms with van der Waals surface area (Å²) in [6.07, 6.45) is 1.37. The fraction of sp³-hybridized carbons (Fsp3) is 0.333. The lowest BCUT2D eigenvalue weighted by atomic mass is 10.2. The van der Waals surface area contributed by atoms with E-state index in [1.54, 1.807) is 6.07 Å². The van der Waals surface area contributed by atoms with Crippen LogP contribution in [0.5, 0.6) is 0 Å². The van der Waals surface area contributed by atoms with E-state index < -0.39 is 5.97 Å². The third-order valence-corrected chi connectivity index (χ3v) is 1.97. The van der Waals surface area contributed by atoms with Crippen LogP contribution in [-0.2, 0) is 4.79 Å². The molecule has 92 valence electrons. The first-order valence-corrected chi connectivity index (χ1v) is 5.22. The summed E-state index contributed by atoms with van der Waals surface area (Å²) in [4.78, 5) is 22.1. The molecule has 0 aromatic carbocycles. The minimum absolute atomic E-state index is 0.0207. The van der Waals surface area contributed by atoms with E-state index in [9.17, 15) is 9.59 Å². The number of amides is 1. The minimum Gasteiger partial charge on any atom is -0.478 e. The van der Waals surface area contributed by atoms with E-state index >= 15 is 0 Å². The van der Waals surface area contributed by atoms with Crippen molar-refractivity contribution in [1.82, 2.24) is 5.32 Å². The molecule has 0 saturated carbocycles. The van der Waals surface area contributed by atoms with E-state index in [1.807, 2.05) is 13.8 Å². The van der Waals surface area contributed by atoms with Crippen LogP contribution >= 0.6 is 0 Å². The van der Waals surface area contributed by atoms with Crippen LogP contribution in [0.1, 0.15) is 37.1 Å². The average Bonchev–Trinajstić information content (AvgIpc) is 2.65. The molecule has 0 atom stereocenters. The molecule has 0 aliphatic heterocycles. The van der Waals surface area contributed by atoms with Crippen molar-refractivity contribution >= 4 is 18.0 Å². The number of nitrogens with one attached hydrogen (secondary N) is 1. The Labute approximate surface area is 99.1 Å². The zero-order valence-corrected chi connectivity index (χ0v) is 9.98. The van der Waals surface area contributed by atoms with Gasteiger partial charge in [0.2, 0.25) is 0 Å². The van der Waals surface area contributed by atoms with Gasteiger partial charge in [0.25, 0.3) is 5.91 Å². The molecule has 1 heterocycles. The van der Waals surface area contributed by atoms with Gasteiger partial charge in [0.05, 0.1) is 0 Å². The number of hydrogen-bond acceptors (Lipinski definition) is 3. The van der Waals surface area contributed by atoms with Crippen molar-refractivity contribution in [3.05, 3.63) is 29.2 Å². The number of rotatable bonds is 4. The van der Waals surface area contributed by atoms with Crippen LogP contribution in [-0.4, -0.2) is 23.0 Å². The summed E-state index contributed by atoms with van der Waals surface area (Å²) >= 11 is 0. The SMILES string of the molecule is CC(=Cc1ccc(C(=O)NC(C)C)o1)C(=O)O. The van der Waals surface area contributed by atoms with E-state index in [0.29, 0.717) is 5.76 Å². The first kappa shape index (κ1) is 13.0. The molecule has 1 aromatic heterocycles. The Hall–Kier alpha value is -2.04. The van der Waals surface area contributed by atoms with Gasteiger partial charge in [-0.15, -0.1) is 0 Å². The lowest BCUT2D eigenvalue weighted by molar-refractivity contribution is -0.132. The highest BCUT2D eigenvalue weighted by atomic mass is 16.4. The standard InChI is InChI=1S/C12H15NO4/c1-7(2)13-11(14)10-5-4-9(17-10)6-8(3)12(15)16/h4-7H,1-3H3,(H,13,14)(H,15,16). The first-order chi connectivity index (χ1) is 7.90. The Balaban J connectivity index is 2.82. The fourth-order valence-electron chi connectivity index (χ4n) is 1.16. The summed E-state index contributed by atoms with van der Waals surface area (Å²) in [5.41, 5.74) is 0.148. The molecule has 17 heavy (non-hydrogen) atoms. The first-order valence-electron chi connectivity index (χ1n) is 5.22. The smallest absolute Gasteiger partial charge is 0.331 e. The van der Waals surface area contributed by atoms with Crippen LogP contribution in [0.2, 0.25) is 0 Å². The quantitative estimate of drug-likeness (QED) is 0.784. The largest absolute Gasteiger partial charge is 0.478 e. The second-order valence-electron chi connectivity index (χ2n) is 3.96. The summed E-state index contributed by atoms with van der Waals surface area (Å²) in [7, 11) is 0. The molecule has 0 unspecified atom stereocenters. The van der Waals surface area contributed by atoms with Gasteiger partial charge in [-0.25, -0.2) is 4.79 Å². The molecule has 1 rings (SSSR count). The summed E-state index contributed by atoms with van der Waals surface area (Å²) in [5.74, 6) is -0.816. The minimum atomic E-state index is -1.02. The molecule has 2 N–H and O–H groups in total. The van der Waals surface area contributed by atoms with Gasteiger partial charge in [-0.05, 0) is 39.0 Å². The summed E-state index contributed by atoms with van der Waals surface area (Å²) in [5, 5.41) is 11.4. The van der Waals surface area contributed by atoms with Crippen LogP contribution in [0.15, 0.2) is 22.1 Å². The number of hydrogen-bond donors (Lipinski definition) is 2. The molecule has 0 aliphatic carbocycles. The molecule has 1 amide bonds. The topological polar surface area (TPSA) is 79.5 Å². The lowest BCUT2D eigenvalue weighted by Gasteiger charge is -2.05. The zero-order valence-electron chi connectivity index (χ0n) is 9.98. The van der Waals surface area contributed by atoms with Gasteiger partial charge in [-0.2, -0.15) is 0 Å². The van der Waals surface area contributed by atoms with E-state index in [4.69, 9.17) is 9.52 Å². The predicted molar refractivity (Wildman–Crippen MR) is 62.6 cm³/mol. The second kappa shape index (κ2) is 5.34. The van der Waals surface area contributed by atoms with Crippen LogP contribution in [0.25, 0.3) is 6.08 Å². The molecule has 0 radical (unpaired) electrons. The Kier molecular flexibility index (Phi) is 4.09. The van der Waals surface area contributed by atoms with Crippen molar-refractivity contribution in [3.63, 3.8) is 0 Å². The molecule has 0 aliphatic rings. The van der Waals surface area contributed by atoms with Gasteiger partial charge in [0, 0.05) is 11.6 Å². The van der Waals surface area contributed by atoms with Gasteiger partial charge in [-0.1, -0.05) is 0 Å². The molecular weight excluding hydrogens is 222 g/mol. The highest BCUT2D eigenvalue weighted by molar-refractivity contribution is 5.93. The zero-order chi connectivity index (χ0) is 13.0. The second-order valence-corrected chi connectivity index (χ2v) is 3.96. The van der Waals surface area contributed by atoms with Gasteiger partial charge in [-0.3, -0.25) is 4.79 Å². The third-order valence-electron chi connectivity index (χ3n) is 1.97. The maximum atomic E-state index is 11.5. The number of carboxylic acid groups (broad SMARTS) is 1. The van der Waals surface area contributed by atoms with Crippen molar-refractivity contribution < 1.29 is 19.1 Å². The Bertz CT molecular complexity index is 457. The summed E-state index contributed by atoms with van der Waals surface area (Å²) in [6, 6.07) is 3.09. The highest BCUT2D eigenvalue weighted by Crippen LogP contribution is 2.12. The molecular formula is C12H15NO4. The van der Waals surface area contributed by atoms with Crippen molar-refractivity contribution in [2.45, 2.75) is 26.8 Å². The van der Waals surface area contributed by atoms with Crippen molar-refractivity contribution in [1.29, 1.82) is 0 Å². The number of carbonyl (C=O) groups is 2. The Morgan fingerprint density at radius 2 is 2.06 bits per heavy atom. The number of furan rings is 1. The fourth-order valence-corrected chi connectivity index (χ4v) is 1.16. The van der Waals surface area contributed by atoms with Crippen molar-refractivity contribution in [2.75, 3.05) is 0 Å². The highest BCUT2D eigenvalue weighted by Gasteiger charge is 2.11. The van der Waals surface area contributed by atoms with Crippen molar-refractivity contribution in [3.8, 4) is 0 Å². The van der Waals surface area contributed by atoms with Crippen LogP contribution in [0, 0.1) is 0 Å². The van der Waals surface area contributed by atoms with Gasteiger partial charge >= 0.3 is 5.97 Å². The number of carbonyl (C=O) groups excluding carboxylic acids is 1. The molecule has 1 aromatic rings. The van der Waals surface area contributed by atoms with Crippen LogP contribution in [0.4, 0.5) is 0 Å². The molecule has 5 heteroatoms. The number of carboxylic acids is 1. The third kappa shape index (κ3) is 3.79. The Morgan fingerprint density at radius 3 is 2.59 bits per heavy atom. The Morgan fingerprint density at radius 1 is 1.41 bits per heavy atom. The monoisotopic (exact) mass is 237 g/mol. The summed E-state index contributed by atoms with van der Waals surface area (Å²) in [6.45, 7) is 5.14. The van der Waals surface area contributed by atoms with Crippen LogP contribution < -0.4 is 5.32 Å². The van der Waals surface area contributed by atoms with Crippen LogP contribution in [0.3, 0.4) is 0 Å². The van der Waals surface area contributed by atoms with E-state index in [2.05, 4.69) is 5.32 Å². The van der Waals surface area contributed by atoms with Gasteiger partial charge in [0.1, 0.15) is 5.76 Å². The number of aliphatic carboxylic acids is 1. The van der Waals surface area contributed by atoms with Crippen molar-refractivity contribution in [2.24, 2.45) is 0 Å². The molecule has 5 nitrogen and oxygen atoms in total. The maximum Gasteiger partial charge on any atom is 0.331 e.